The number of halogens is 1. The molecule has 10 heavy (non-hydrogen) atoms. The maximum Gasteiger partial charge on any atom is 0.250 e. The van der Waals surface area contributed by atoms with Crippen LogP contribution >= 0.6 is 24.2 Å². The summed E-state index contributed by atoms with van der Waals surface area (Å²) in [5.74, 6) is 0. The number of carbonyl (C=O) groups excluding carboxylic acids is 1. The van der Waals surface area contributed by atoms with Crippen molar-refractivity contribution in [2.45, 2.75) is 0 Å². The van der Waals surface area contributed by atoms with Crippen molar-refractivity contribution in [2.24, 2.45) is 0 Å². The number of benzene rings is 1. The summed E-state index contributed by atoms with van der Waals surface area (Å²) in [6, 6.07) is 6.73. The second-order valence-electron chi connectivity index (χ2n) is 1.77. The Kier molecular flexibility index (Phi) is 2.25. The molecule has 1 aromatic carbocycles. The van der Waals surface area contributed by atoms with E-state index in [1.165, 1.54) is 0 Å². The van der Waals surface area contributed by atoms with Crippen molar-refractivity contribution in [3.63, 3.8) is 0 Å². The minimum Gasteiger partial charge on any atom is -0.276 e. The molecule has 0 bridgehead atoms. The van der Waals surface area contributed by atoms with Crippen LogP contribution in [0.2, 0.25) is 5.02 Å². The van der Waals surface area contributed by atoms with Gasteiger partial charge in [0.25, 0.3) is 5.12 Å². The Morgan fingerprint density at radius 3 is 2.40 bits per heavy atom. The van der Waals surface area contributed by atoms with Crippen LogP contribution in [0.1, 0.15) is 10.4 Å². The monoisotopic (exact) mass is 171 g/mol. The molecule has 0 saturated heterocycles. The highest BCUT2D eigenvalue weighted by Crippen LogP contribution is 2.16. The third-order valence-corrected chi connectivity index (χ3v) is 1.64. The molecule has 0 aromatic heterocycles. The third kappa shape index (κ3) is 1.46. The van der Waals surface area contributed by atoms with Crippen molar-refractivity contribution in [2.75, 3.05) is 0 Å². The molecule has 0 saturated carbocycles. The molecular formula is C7H4ClOS. The van der Waals surface area contributed by atoms with Gasteiger partial charge >= 0.3 is 0 Å². The largest absolute Gasteiger partial charge is 0.276 e. The van der Waals surface area contributed by atoms with E-state index in [1.807, 2.05) is 0 Å². The molecule has 51 valence electrons. The lowest BCUT2D eigenvalue weighted by atomic mass is 10.2. The fourth-order valence-corrected chi connectivity index (χ4v) is 1.08. The molecule has 3 heteroatoms. The molecule has 0 atom stereocenters. The quantitative estimate of drug-likeness (QED) is 0.635. The number of rotatable bonds is 1. The molecule has 0 aliphatic carbocycles. The van der Waals surface area contributed by atoms with Gasteiger partial charge in [-0.2, -0.15) is 0 Å². The van der Waals surface area contributed by atoms with E-state index in [-0.39, 0.29) is 0 Å². The topological polar surface area (TPSA) is 17.1 Å². The van der Waals surface area contributed by atoms with Crippen LogP contribution in [-0.4, -0.2) is 5.12 Å². The van der Waals surface area contributed by atoms with Crippen molar-refractivity contribution < 1.29 is 4.79 Å². The molecule has 0 fully saturated rings. The van der Waals surface area contributed by atoms with E-state index in [9.17, 15) is 4.79 Å². The Balaban J connectivity index is 3.15. The Bertz CT molecular complexity index is 260. The third-order valence-electron chi connectivity index (χ3n) is 1.09. The van der Waals surface area contributed by atoms with E-state index in [0.29, 0.717) is 10.6 Å². The van der Waals surface area contributed by atoms with Gasteiger partial charge in [0, 0.05) is 0 Å². The maximum absolute atomic E-state index is 10.6. The molecule has 1 nitrogen and oxygen atoms in total. The molecule has 0 N–H and O–H groups in total. The second-order valence-corrected chi connectivity index (χ2v) is 2.55. The van der Waals surface area contributed by atoms with Crippen molar-refractivity contribution in [1.29, 1.82) is 0 Å². The lowest BCUT2D eigenvalue weighted by molar-refractivity contribution is 0.109. The van der Waals surface area contributed by atoms with Gasteiger partial charge in [-0.15, -0.1) is 0 Å². The smallest absolute Gasteiger partial charge is 0.250 e. The summed E-state index contributed by atoms with van der Waals surface area (Å²) >= 11 is 10.0. The number of hydrogen-bond acceptors (Lipinski definition) is 1. The van der Waals surface area contributed by atoms with Crippen LogP contribution in [0.25, 0.3) is 0 Å². The summed E-state index contributed by atoms with van der Waals surface area (Å²) in [6.07, 6.45) is 0. The van der Waals surface area contributed by atoms with Crippen molar-refractivity contribution in [1.82, 2.24) is 0 Å². The van der Waals surface area contributed by atoms with Crippen LogP contribution in [0.4, 0.5) is 0 Å². The lowest BCUT2D eigenvalue weighted by Gasteiger charge is -1.93. The average molecular weight is 172 g/mol. The van der Waals surface area contributed by atoms with Crippen molar-refractivity contribution >= 4 is 29.3 Å². The van der Waals surface area contributed by atoms with E-state index >= 15 is 0 Å². The van der Waals surface area contributed by atoms with Crippen LogP contribution in [0.3, 0.4) is 0 Å². The minimum absolute atomic E-state index is 0.402. The van der Waals surface area contributed by atoms with Crippen LogP contribution in [0.5, 0.6) is 0 Å². The van der Waals surface area contributed by atoms with Gasteiger partial charge in [0.05, 0.1) is 10.6 Å². The maximum atomic E-state index is 10.6. The minimum atomic E-state index is -0.411. The summed E-state index contributed by atoms with van der Waals surface area (Å²) in [5, 5.41) is 0.00750. The summed E-state index contributed by atoms with van der Waals surface area (Å²) in [7, 11) is 0. The molecule has 0 aliphatic heterocycles. The normalized spacial score (nSPS) is 9.30. The predicted molar refractivity (Wildman–Crippen MR) is 43.4 cm³/mol. The molecule has 0 heterocycles. The van der Waals surface area contributed by atoms with Crippen LogP contribution < -0.4 is 0 Å². The Morgan fingerprint density at radius 1 is 1.40 bits per heavy atom. The first-order valence-electron chi connectivity index (χ1n) is 2.67. The fourth-order valence-electron chi connectivity index (χ4n) is 0.627. The van der Waals surface area contributed by atoms with E-state index in [2.05, 4.69) is 12.6 Å². The standard InChI is InChI=1S/C7H4ClOS/c8-6-4-2-1-3-5(6)7(9)10/h1-4H. The Labute approximate surface area is 69.4 Å². The molecule has 0 amide bonds. The zero-order valence-electron chi connectivity index (χ0n) is 5.00. The van der Waals surface area contributed by atoms with Gasteiger partial charge in [0.1, 0.15) is 0 Å². The zero-order valence-corrected chi connectivity index (χ0v) is 6.58. The van der Waals surface area contributed by atoms with Gasteiger partial charge in [-0.05, 0) is 24.8 Å². The summed E-state index contributed by atoms with van der Waals surface area (Å²) in [5.41, 5.74) is 0.402. The highest BCUT2D eigenvalue weighted by atomic mass is 35.5. The predicted octanol–water partition coefficient (Wildman–Crippen LogP) is 2.68. The van der Waals surface area contributed by atoms with Crippen molar-refractivity contribution in [3.05, 3.63) is 34.9 Å². The van der Waals surface area contributed by atoms with E-state index < -0.39 is 5.12 Å². The first-order valence-corrected chi connectivity index (χ1v) is 3.46. The summed E-state index contributed by atoms with van der Waals surface area (Å²) in [4.78, 5) is 10.6. The van der Waals surface area contributed by atoms with Gasteiger partial charge in [-0.25, -0.2) is 0 Å². The Morgan fingerprint density at radius 2 is 2.00 bits per heavy atom. The van der Waals surface area contributed by atoms with Gasteiger partial charge < -0.3 is 0 Å². The van der Waals surface area contributed by atoms with Crippen LogP contribution in [-0.2, 0) is 0 Å². The van der Waals surface area contributed by atoms with E-state index in [0.717, 1.165) is 0 Å². The molecule has 0 aliphatic rings. The number of carbonyl (C=O) groups is 1. The first kappa shape index (κ1) is 7.51. The second kappa shape index (κ2) is 2.99. The molecule has 0 spiro atoms. The van der Waals surface area contributed by atoms with Gasteiger partial charge in [-0.3, -0.25) is 4.79 Å². The van der Waals surface area contributed by atoms with E-state index in [4.69, 9.17) is 11.6 Å². The fraction of sp³-hybridized carbons (Fsp3) is 0. The molecule has 0 unspecified atom stereocenters. The van der Waals surface area contributed by atoms with Crippen LogP contribution in [0, 0.1) is 0 Å². The van der Waals surface area contributed by atoms with Crippen LogP contribution in [0.15, 0.2) is 24.3 Å². The highest BCUT2D eigenvalue weighted by Gasteiger charge is 2.03. The van der Waals surface area contributed by atoms with E-state index in [1.54, 1.807) is 24.3 Å². The molecule has 1 radical (unpaired) electrons. The molecule has 1 rings (SSSR count). The summed E-state index contributed by atoms with van der Waals surface area (Å²) < 4.78 is 0. The summed E-state index contributed by atoms with van der Waals surface area (Å²) in [6.45, 7) is 0. The molecular weight excluding hydrogens is 168 g/mol. The van der Waals surface area contributed by atoms with Gasteiger partial charge in [0.2, 0.25) is 0 Å². The number of hydrogen-bond donors (Lipinski definition) is 0. The van der Waals surface area contributed by atoms with Gasteiger partial charge in [-0.1, -0.05) is 23.7 Å². The highest BCUT2D eigenvalue weighted by molar-refractivity contribution is 7.97. The Hall–Kier alpha value is -0.600. The van der Waals surface area contributed by atoms with Crippen molar-refractivity contribution in [3.8, 4) is 0 Å². The average Bonchev–Trinajstić information content (AvgIpc) is 1.88. The van der Waals surface area contributed by atoms with Gasteiger partial charge in [0.15, 0.2) is 0 Å². The first-order chi connectivity index (χ1) is 4.72. The molecule has 1 aromatic rings. The zero-order chi connectivity index (χ0) is 7.56. The SMILES string of the molecule is O=C([S])c1ccccc1Cl. The lowest BCUT2D eigenvalue weighted by Crippen LogP contribution is -1.88.